The highest BCUT2D eigenvalue weighted by atomic mass is 35.5. The summed E-state index contributed by atoms with van der Waals surface area (Å²) in [5.41, 5.74) is 0.563. The molecule has 3 aromatic rings. The van der Waals surface area contributed by atoms with Gasteiger partial charge in [-0.2, -0.15) is 13.2 Å². The molecular formula is C19H18ClF3N4O4S. The maximum absolute atomic E-state index is 12.3. The van der Waals surface area contributed by atoms with E-state index < -0.39 is 17.7 Å². The smallest absolute Gasteiger partial charge is 0.475 e. The van der Waals surface area contributed by atoms with Crippen molar-refractivity contribution >= 4 is 41.1 Å². The Hall–Kier alpha value is -3.12. The summed E-state index contributed by atoms with van der Waals surface area (Å²) in [4.78, 5) is 46.8. The average molecular weight is 491 g/mol. The summed E-state index contributed by atoms with van der Waals surface area (Å²) < 4.78 is 32.4. The molecule has 0 unspecified atom stereocenters. The first-order valence-corrected chi connectivity index (χ1v) is 10.0. The Morgan fingerprint density at radius 2 is 1.62 bits per heavy atom. The zero-order chi connectivity index (χ0) is 24.3. The van der Waals surface area contributed by atoms with Crippen LogP contribution in [-0.2, 0) is 10.2 Å². The summed E-state index contributed by atoms with van der Waals surface area (Å²) in [5.74, 6) is -2.76. The third-order valence-electron chi connectivity index (χ3n) is 3.81. The average Bonchev–Trinajstić information content (AvgIpc) is 3.27. The minimum absolute atomic E-state index is 0.156. The molecule has 3 heterocycles. The Morgan fingerprint density at radius 1 is 1.09 bits per heavy atom. The number of carboxylic acids is 1. The highest BCUT2D eigenvalue weighted by Crippen LogP contribution is 2.23. The second kappa shape index (κ2) is 9.57. The summed E-state index contributed by atoms with van der Waals surface area (Å²) in [6.07, 6.45) is -0.347. The molecule has 0 aliphatic rings. The van der Waals surface area contributed by atoms with E-state index in [1.807, 2.05) is 20.8 Å². The third kappa shape index (κ3) is 6.69. The molecule has 0 saturated carbocycles. The first-order valence-electron chi connectivity index (χ1n) is 8.84. The summed E-state index contributed by atoms with van der Waals surface area (Å²) >= 11 is 7.20. The van der Waals surface area contributed by atoms with Crippen LogP contribution in [0.5, 0.6) is 0 Å². The van der Waals surface area contributed by atoms with Crippen molar-refractivity contribution in [2.45, 2.75) is 32.4 Å². The number of aromatic amines is 3. The van der Waals surface area contributed by atoms with E-state index >= 15 is 0 Å². The molecule has 0 spiro atoms. The molecule has 3 aromatic heterocycles. The van der Waals surface area contributed by atoms with Crippen LogP contribution in [0.1, 0.15) is 37.0 Å². The number of carboxylic acid groups (broad SMARTS) is 1. The Bertz CT molecular complexity index is 1350. The highest BCUT2D eigenvalue weighted by Gasteiger charge is 2.38. The lowest BCUT2D eigenvalue weighted by atomic mass is 9.90. The van der Waals surface area contributed by atoms with Gasteiger partial charge in [-0.1, -0.05) is 32.4 Å². The second-order valence-electron chi connectivity index (χ2n) is 7.38. The van der Waals surface area contributed by atoms with Crippen molar-refractivity contribution in [2.75, 3.05) is 0 Å². The van der Waals surface area contributed by atoms with Gasteiger partial charge in [0.1, 0.15) is 10.7 Å². The lowest BCUT2D eigenvalue weighted by Gasteiger charge is -2.16. The Labute approximate surface area is 187 Å². The van der Waals surface area contributed by atoms with Gasteiger partial charge in [-0.3, -0.25) is 9.59 Å². The fraction of sp³-hybridized carbons (Fsp3) is 0.263. The third-order valence-corrected chi connectivity index (χ3v) is 4.99. The number of aromatic nitrogens is 4. The zero-order valence-electron chi connectivity index (χ0n) is 16.9. The lowest BCUT2D eigenvalue weighted by Crippen LogP contribution is -2.46. The molecule has 172 valence electrons. The normalized spacial score (nSPS) is 13.1. The number of halogens is 4. The lowest BCUT2D eigenvalue weighted by molar-refractivity contribution is -0.192. The monoisotopic (exact) mass is 490 g/mol. The Balaban J connectivity index is 0.000000451. The van der Waals surface area contributed by atoms with Crippen LogP contribution in [0.25, 0.3) is 12.2 Å². The number of nitrogens with zero attached hydrogens (tertiary/aromatic N) is 1. The van der Waals surface area contributed by atoms with E-state index in [9.17, 15) is 22.8 Å². The molecule has 13 heteroatoms. The number of imidazole rings is 1. The standard InChI is InChI=1S/C17H17ClN4O2S.C2HF3O2/c1-17(2,3)14-10(19-8-20-14)7-12-16(24)21-11(15(23)22-12)6-9-4-5-13(18)25-9;3-2(4,5)1(6)7/h4-8H,1-3H3,(H,19,20)(H,21,24)(H,22,23);(H,6,7)/b11-6-,12-7-;. The largest absolute Gasteiger partial charge is 0.490 e. The molecule has 0 amide bonds. The van der Waals surface area contributed by atoms with Crippen molar-refractivity contribution in [3.05, 3.63) is 70.5 Å². The molecule has 0 aliphatic heterocycles. The van der Waals surface area contributed by atoms with Crippen LogP contribution in [0.4, 0.5) is 13.2 Å². The quantitative estimate of drug-likeness (QED) is 0.437. The van der Waals surface area contributed by atoms with E-state index in [1.165, 1.54) is 11.3 Å². The fourth-order valence-corrected chi connectivity index (χ4v) is 3.40. The van der Waals surface area contributed by atoms with Crippen molar-refractivity contribution in [3.63, 3.8) is 0 Å². The van der Waals surface area contributed by atoms with Gasteiger partial charge in [-0.05, 0) is 24.3 Å². The van der Waals surface area contributed by atoms with Gasteiger partial charge in [0.15, 0.2) is 0 Å². The molecule has 0 aromatic carbocycles. The van der Waals surface area contributed by atoms with Crippen LogP contribution >= 0.6 is 22.9 Å². The maximum Gasteiger partial charge on any atom is 0.490 e. The van der Waals surface area contributed by atoms with Gasteiger partial charge in [0.25, 0.3) is 11.1 Å². The van der Waals surface area contributed by atoms with Crippen LogP contribution in [0.3, 0.4) is 0 Å². The van der Waals surface area contributed by atoms with Gasteiger partial charge >= 0.3 is 12.1 Å². The topological polar surface area (TPSA) is 132 Å². The molecule has 3 rings (SSSR count). The van der Waals surface area contributed by atoms with Crippen LogP contribution in [-0.4, -0.2) is 37.2 Å². The molecular weight excluding hydrogens is 473 g/mol. The van der Waals surface area contributed by atoms with Gasteiger partial charge in [-0.15, -0.1) is 11.3 Å². The van der Waals surface area contributed by atoms with Crippen LogP contribution < -0.4 is 21.8 Å². The van der Waals surface area contributed by atoms with Gasteiger partial charge < -0.3 is 20.1 Å². The van der Waals surface area contributed by atoms with Gasteiger partial charge in [0.05, 0.1) is 16.4 Å². The molecule has 0 aliphatic carbocycles. The first-order chi connectivity index (χ1) is 14.7. The molecule has 0 bridgehead atoms. The van der Waals surface area contributed by atoms with Crippen LogP contribution in [0.15, 0.2) is 28.0 Å². The van der Waals surface area contributed by atoms with Crippen molar-refractivity contribution in [2.24, 2.45) is 0 Å². The number of thiophene rings is 1. The summed E-state index contributed by atoms with van der Waals surface area (Å²) in [7, 11) is 0. The van der Waals surface area contributed by atoms with Gasteiger partial charge in [0, 0.05) is 16.0 Å². The molecule has 0 atom stereocenters. The molecule has 0 saturated heterocycles. The van der Waals surface area contributed by atoms with Crippen molar-refractivity contribution in [3.8, 4) is 0 Å². The number of hydrogen-bond donors (Lipinski definition) is 4. The van der Waals surface area contributed by atoms with E-state index in [2.05, 4.69) is 19.9 Å². The number of alkyl halides is 3. The number of nitrogens with one attached hydrogen (secondary N) is 3. The van der Waals surface area contributed by atoms with Crippen LogP contribution in [0.2, 0.25) is 4.34 Å². The number of carbonyl (C=O) groups is 1. The van der Waals surface area contributed by atoms with Crippen LogP contribution in [0, 0.1) is 0 Å². The molecule has 0 fully saturated rings. The molecule has 32 heavy (non-hydrogen) atoms. The number of H-pyrrole nitrogens is 3. The minimum atomic E-state index is -5.08. The van der Waals surface area contributed by atoms with E-state index in [-0.39, 0.29) is 21.7 Å². The zero-order valence-corrected chi connectivity index (χ0v) is 18.5. The minimum Gasteiger partial charge on any atom is -0.475 e. The number of aliphatic carboxylic acids is 1. The summed E-state index contributed by atoms with van der Waals surface area (Å²) in [6.45, 7) is 6.11. The SMILES string of the molecule is CC(C)(C)c1[nH]cnc1/C=c1\[nH]c(=O)/c(=C/c2ccc(Cl)s2)[nH]c1=O.O=C(O)C(F)(F)F. The van der Waals surface area contributed by atoms with Gasteiger partial charge in [-0.25, -0.2) is 9.78 Å². The van der Waals surface area contributed by atoms with E-state index in [1.54, 1.807) is 30.6 Å². The van der Waals surface area contributed by atoms with Crippen molar-refractivity contribution in [1.82, 2.24) is 19.9 Å². The molecule has 8 nitrogen and oxygen atoms in total. The van der Waals surface area contributed by atoms with Crippen molar-refractivity contribution in [1.29, 1.82) is 0 Å². The van der Waals surface area contributed by atoms with Gasteiger partial charge in [0.2, 0.25) is 0 Å². The number of rotatable bonds is 2. The second-order valence-corrected chi connectivity index (χ2v) is 9.13. The van der Waals surface area contributed by atoms with E-state index in [4.69, 9.17) is 21.5 Å². The predicted molar refractivity (Wildman–Crippen MR) is 114 cm³/mol. The van der Waals surface area contributed by atoms with E-state index in [0.717, 1.165) is 10.6 Å². The fourth-order valence-electron chi connectivity index (χ4n) is 2.40. The summed E-state index contributed by atoms with van der Waals surface area (Å²) in [6, 6.07) is 3.52. The Kier molecular flexibility index (Phi) is 7.52. The predicted octanol–water partition coefficient (Wildman–Crippen LogP) is 2.09. The summed E-state index contributed by atoms with van der Waals surface area (Å²) in [5, 5.41) is 7.46. The molecule has 4 N–H and O–H groups in total. The Morgan fingerprint density at radius 3 is 2.06 bits per heavy atom. The first kappa shape index (κ1) is 25.1. The molecule has 0 radical (unpaired) electrons. The van der Waals surface area contributed by atoms with E-state index in [0.29, 0.717) is 10.0 Å². The number of hydrogen-bond acceptors (Lipinski definition) is 5. The van der Waals surface area contributed by atoms with Crippen molar-refractivity contribution < 1.29 is 23.1 Å². The highest BCUT2D eigenvalue weighted by molar-refractivity contribution is 7.16. The maximum atomic E-state index is 12.3.